The van der Waals surface area contributed by atoms with Gasteiger partial charge in [-0.15, -0.1) is 0 Å². The highest BCUT2D eigenvalue weighted by molar-refractivity contribution is 5.63. The number of aryl methyl sites for hydroxylation is 1. The van der Waals surface area contributed by atoms with E-state index in [1.165, 1.54) is 25.2 Å². The molecule has 0 unspecified atom stereocenters. The molecule has 8 nitrogen and oxygen atoms in total. The van der Waals surface area contributed by atoms with E-state index in [-0.39, 0.29) is 17.6 Å². The summed E-state index contributed by atoms with van der Waals surface area (Å²) in [7, 11) is 0. The van der Waals surface area contributed by atoms with E-state index < -0.39 is 0 Å². The van der Waals surface area contributed by atoms with Crippen molar-refractivity contribution < 1.29 is 4.39 Å². The summed E-state index contributed by atoms with van der Waals surface area (Å²) in [5, 5.41) is 13.1. The van der Waals surface area contributed by atoms with Crippen molar-refractivity contribution in [2.75, 3.05) is 36.8 Å². The van der Waals surface area contributed by atoms with E-state index in [0.717, 1.165) is 68.6 Å². The van der Waals surface area contributed by atoms with E-state index >= 15 is 0 Å². The number of nitrogens with two attached hydrogens (primary N) is 1. The summed E-state index contributed by atoms with van der Waals surface area (Å²) in [6.45, 7) is 6.11. The third-order valence-corrected chi connectivity index (χ3v) is 7.05. The zero-order valence-corrected chi connectivity index (χ0v) is 20.0. The van der Waals surface area contributed by atoms with Gasteiger partial charge in [-0.25, -0.2) is 19.3 Å². The summed E-state index contributed by atoms with van der Waals surface area (Å²) in [5.74, 6) is 2.81. The third kappa shape index (κ3) is 5.13. The van der Waals surface area contributed by atoms with E-state index in [1.54, 1.807) is 13.0 Å². The van der Waals surface area contributed by atoms with Crippen LogP contribution in [0, 0.1) is 30.0 Å². The molecule has 0 radical (unpaired) electrons. The quantitative estimate of drug-likeness (QED) is 0.480. The molecule has 35 heavy (non-hydrogen) atoms. The average Bonchev–Trinajstić information content (AvgIpc) is 3.60. The molecule has 2 aliphatic rings. The molecule has 3 N–H and O–H groups in total. The first-order valence-electron chi connectivity index (χ1n) is 12.3. The van der Waals surface area contributed by atoms with Crippen LogP contribution in [0.5, 0.6) is 0 Å². The van der Waals surface area contributed by atoms with Crippen molar-refractivity contribution in [2.24, 2.45) is 5.92 Å². The number of hydrogen-bond acceptors (Lipinski definition) is 7. The Kier molecular flexibility index (Phi) is 6.64. The van der Waals surface area contributed by atoms with Gasteiger partial charge in [0.1, 0.15) is 35.4 Å². The molecule has 1 aliphatic carbocycles. The van der Waals surface area contributed by atoms with Gasteiger partial charge in [0.05, 0.1) is 5.69 Å². The van der Waals surface area contributed by atoms with Crippen molar-refractivity contribution in [1.82, 2.24) is 24.8 Å². The van der Waals surface area contributed by atoms with E-state index in [4.69, 9.17) is 10.7 Å². The number of nitriles is 1. The number of aromatic nitrogens is 4. The Hall–Kier alpha value is -3.51. The van der Waals surface area contributed by atoms with Gasteiger partial charge in [0.15, 0.2) is 5.82 Å². The van der Waals surface area contributed by atoms with E-state index in [1.807, 2.05) is 6.07 Å². The SMILES string of the molecule is Cc1cc(-c2cn(CCNCC3CC3)c(C3CCN(c4ncnc(N)c4C#N)CC3)n2)ccc1F. The van der Waals surface area contributed by atoms with Crippen molar-refractivity contribution >= 4 is 11.6 Å². The molecule has 0 bridgehead atoms. The maximum absolute atomic E-state index is 13.8. The van der Waals surface area contributed by atoms with Crippen LogP contribution in [0.4, 0.5) is 16.0 Å². The van der Waals surface area contributed by atoms with Crippen LogP contribution in [0.15, 0.2) is 30.7 Å². The molecule has 1 aliphatic heterocycles. The van der Waals surface area contributed by atoms with Crippen molar-refractivity contribution in [2.45, 2.75) is 45.1 Å². The molecular formula is C26H31FN8. The number of piperidine rings is 1. The smallest absolute Gasteiger partial charge is 0.152 e. The van der Waals surface area contributed by atoms with Crippen LogP contribution < -0.4 is 16.0 Å². The summed E-state index contributed by atoms with van der Waals surface area (Å²) < 4.78 is 16.1. The Labute approximate surface area is 205 Å². The summed E-state index contributed by atoms with van der Waals surface area (Å²) in [6.07, 6.45) is 7.97. The van der Waals surface area contributed by atoms with Gasteiger partial charge in [0, 0.05) is 43.9 Å². The highest BCUT2D eigenvalue weighted by atomic mass is 19.1. The molecule has 0 amide bonds. The van der Waals surface area contributed by atoms with E-state index in [0.29, 0.717) is 16.9 Å². The number of halogens is 1. The lowest BCUT2D eigenvalue weighted by molar-refractivity contribution is 0.457. The zero-order chi connectivity index (χ0) is 24.4. The Morgan fingerprint density at radius 1 is 1.20 bits per heavy atom. The van der Waals surface area contributed by atoms with Crippen LogP contribution in [0.25, 0.3) is 11.3 Å². The molecule has 182 valence electrons. The molecule has 1 saturated heterocycles. The molecule has 3 aromatic rings. The molecule has 1 aromatic carbocycles. The highest BCUT2D eigenvalue weighted by Gasteiger charge is 2.28. The number of rotatable bonds is 8. The second-order valence-electron chi connectivity index (χ2n) is 9.62. The number of imidazole rings is 1. The van der Waals surface area contributed by atoms with Gasteiger partial charge in [-0.1, -0.05) is 0 Å². The molecule has 9 heteroatoms. The minimum absolute atomic E-state index is 0.202. The molecule has 0 spiro atoms. The van der Waals surface area contributed by atoms with Gasteiger partial charge >= 0.3 is 0 Å². The van der Waals surface area contributed by atoms with Crippen LogP contribution in [0.2, 0.25) is 0 Å². The van der Waals surface area contributed by atoms with Crippen LogP contribution in [-0.2, 0) is 6.54 Å². The molecular weight excluding hydrogens is 443 g/mol. The number of nitrogen functional groups attached to an aromatic ring is 1. The van der Waals surface area contributed by atoms with Crippen molar-refractivity contribution in [3.05, 3.63) is 53.5 Å². The van der Waals surface area contributed by atoms with Gasteiger partial charge in [0.25, 0.3) is 0 Å². The maximum Gasteiger partial charge on any atom is 0.152 e. The van der Waals surface area contributed by atoms with Gasteiger partial charge in [-0.3, -0.25) is 0 Å². The van der Waals surface area contributed by atoms with Crippen molar-refractivity contribution in [3.8, 4) is 17.3 Å². The summed E-state index contributed by atoms with van der Waals surface area (Å²) >= 11 is 0. The number of nitrogens with zero attached hydrogens (tertiary/aromatic N) is 6. The van der Waals surface area contributed by atoms with Crippen LogP contribution in [0.1, 0.15) is 48.6 Å². The van der Waals surface area contributed by atoms with Crippen molar-refractivity contribution in [1.29, 1.82) is 5.26 Å². The lowest BCUT2D eigenvalue weighted by atomic mass is 9.95. The monoisotopic (exact) mass is 474 g/mol. The van der Waals surface area contributed by atoms with Crippen LogP contribution in [-0.4, -0.2) is 45.7 Å². The predicted molar refractivity (Wildman–Crippen MR) is 133 cm³/mol. The summed E-state index contributed by atoms with van der Waals surface area (Å²) in [5.41, 5.74) is 8.66. The number of hydrogen-bond donors (Lipinski definition) is 2. The largest absolute Gasteiger partial charge is 0.382 e. The van der Waals surface area contributed by atoms with E-state index in [2.05, 4.69) is 37.0 Å². The van der Waals surface area contributed by atoms with E-state index in [9.17, 15) is 9.65 Å². The fourth-order valence-electron chi connectivity index (χ4n) is 4.79. The molecule has 1 saturated carbocycles. The first-order chi connectivity index (χ1) is 17.0. The lowest BCUT2D eigenvalue weighted by Gasteiger charge is -2.33. The fraction of sp³-hybridized carbons (Fsp3) is 0.462. The van der Waals surface area contributed by atoms with Crippen molar-refractivity contribution in [3.63, 3.8) is 0 Å². The highest BCUT2D eigenvalue weighted by Crippen LogP contribution is 2.33. The lowest BCUT2D eigenvalue weighted by Crippen LogP contribution is -2.35. The normalized spacial score (nSPS) is 16.4. The zero-order valence-electron chi connectivity index (χ0n) is 20.0. The van der Waals surface area contributed by atoms with Gasteiger partial charge in [-0.2, -0.15) is 5.26 Å². The predicted octanol–water partition coefficient (Wildman–Crippen LogP) is 3.63. The minimum Gasteiger partial charge on any atom is -0.382 e. The second-order valence-corrected chi connectivity index (χ2v) is 9.62. The molecule has 2 fully saturated rings. The number of anilines is 2. The number of nitrogens with one attached hydrogen (secondary N) is 1. The van der Waals surface area contributed by atoms with Gasteiger partial charge in [-0.05, 0) is 68.8 Å². The van der Waals surface area contributed by atoms with Crippen LogP contribution >= 0.6 is 0 Å². The van der Waals surface area contributed by atoms with Crippen LogP contribution in [0.3, 0.4) is 0 Å². The average molecular weight is 475 g/mol. The third-order valence-electron chi connectivity index (χ3n) is 7.05. The topological polar surface area (TPSA) is 109 Å². The summed E-state index contributed by atoms with van der Waals surface area (Å²) in [4.78, 5) is 15.4. The second kappa shape index (κ2) is 10.0. The Bertz CT molecular complexity index is 1230. The summed E-state index contributed by atoms with van der Waals surface area (Å²) in [6, 6.07) is 7.32. The number of benzene rings is 1. The van der Waals surface area contributed by atoms with Gasteiger partial charge < -0.3 is 20.5 Å². The first kappa shape index (κ1) is 23.2. The Morgan fingerprint density at radius 2 is 2.00 bits per heavy atom. The Balaban J connectivity index is 1.34. The maximum atomic E-state index is 13.8. The Morgan fingerprint density at radius 3 is 2.71 bits per heavy atom. The fourth-order valence-corrected chi connectivity index (χ4v) is 4.79. The molecule has 5 rings (SSSR count). The molecule has 0 atom stereocenters. The minimum atomic E-state index is -0.202. The standard InChI is InChI=1S/C26H31FN8/c1-17-12-20(4-5-22(17)27)23-15-35(11-8-30-14-18-2-3-18)25(33-23)19-6-9-34(10-7-19)26-21(13-28)24(29)31-16-32-26/h4-5,12,15-16,18-19,30H,2-3,6-11,14H2,1H3,(H2,29,31,32). The first-order valence-corrected chi connectivity index (χ1v) is 12.3. The van der Waals surface area contributed by atoms with Gasteiger partial charge in [0.2, 0.25) is 0 Å². The molecule has 2 aromatic heterocycles. The molecule has 3 heterocycles.